The summed E-state index contributed by atoms with van der Waals surface area (Å²) in [4.78, 5) is 4.73. The third-order valence-electron chi connectivity index (χ3n) is 5.26. The zero-order valence-corrected chi connectivity index (χ0v) is 19.0. The van der Waals surface area contributed by atoms with Gasteiger partial charge in [-0.3, -0.25) is 4.68 Å². The maximum Gasteiger partial charge on any atom is 0.191 e. The Balaban J connectivity index is 1.51. The number of nitrogens with one attached hydrogen (secondary N) is 2. The minimum absolute atomic E-state index is 0.604. The summed E-state index contributed by atoms with van der Waals surface area (Å²) in [6.07, 6.45) is 0. The molecule has 2 N–H and O–H groups in total. The molecule has 0 bridgehead atoms. The fourth-order valence-electron chi connectivity index (χ4n) is 3.36. The molecule has 31 heavy (non-hydrogen) atoms. The second kappa shape index (κ2) is 11.3. The van der Waals surface area contributed by atoms with Crippen molar-refractivity contribution in [3.05, 3.63) is 88.2 Å². The average molecular weight is 420 g/mol. The lowest BCUT2D eigenvalue weighted by Crippen LogP contribution is -2.37. The van der Waals surface area contributed by atoms with Crippen LogP contribution in [0, 0.1) is 13.8 Å². The molecule has 0 amide bonds. The highest BCUT2D eigenvalue weighted by Crippen LogP contribution is 2.12. The van der Waals surface area contributed by atoms with Crippen LogP contribution in [-0.2, 0) is 38.1 Å². The van der Waals surface area contributed by atoms with Crippen molar-refractivity contribution >= 4 is 5.96 Å². The quantitative estimate of drug-likeness (QED) is 0.406. The van der Waals surface area contributed by atoms with Crippen LogP contribution in [0.2, 0.25) is 0 Å². The molecule has 0 aliphatic rings. The van der Waals surface area contributed by atoms with Gasteiger partial charge in [-0.05, 0) is 37.5 Å². The summed E-state index contributed by atoms with van der Waals surface area (Å²) in [6, 6.07) is 18.7. The summed E-state index contributed by atoms with van der Waals surface area (Å²) >= 11 is 0. The summed E-state index contributed by atoms with van der Waals surface area (Å²) in [7, 11) is 1.97. The van der Waals surface area contributed by atoms with Crippen molar-refractivity contribution < 1.29 is 4.74 Å². The zero-order chi connectivity index (χ0) is 22.1. The Labute approximate surface area is 185 Å². The van der Waals surface area contributed by atoms with Gasteiger partial charge >= 0.3 is 0 Å². The molecule has 2 aromatic carbocycles. The van der Waals surface area contributed by atoms with Gasteiger partial charge in [0.25, 0.3) is 0 Å². The van der Waals surface area contributed by atoms with Crippen LogP contribution >= 0.6 is 0 Å². The Kier molecular flexibility index (Phi) is 8.24. The molecule has 6 nitrogen and oxygen atoms in total. The highest BCUT2D eigenvalue weighted by molar-refractivity contribution is 5.79. The minimum atomic E-state index is 0.604. The molecule has 1 aromatic heterocycles. The second-order valence-corrected chi connectivity index (χ2v) is 7.62. The molecule has 0 fully saturated rings. The van der Waals surface area contributed by atoms with Gasteiger partial charge in [0, 0.05) is 31.4 Å². The van der Waals surface area contributed by atoms with Crippen LogP contribution in [0.15, 0.2) is 59.6 Å². The second-order valence-electron chi connectivity index (χ2n) is 7.62. The highest BCUT2D eigenvalue weighted by Gasteiger charge is 2.09. The van der Waals surface area contributed by atoms with Crippen LogP contribution in [0.4, 0.5) is 0 Å². The first kappa shape index (κ1) is 22.6. The van der Waals surface area contributed by atoms with Gasteiger partial charge in [0.15, 0.2) is 5.96 Å². The first-order valence-electron chi connectivity index (χ1n) is 10.8. The van der Waals surface area contributed by atoms with Crippen LogP contribution in [0.5, 0.6) is 0 Å². The van der Waals surface area contributed by atoms with E-state index in [9.17, 15) is 0 Å². The van der Waals surface area contributed by atoms with Crippen molar-refractivity contribution in [2.45, 2.75) is 47.1 Å². The number of aromatic nitrogens is 2. The van der Waals surface area contributed by atoms with E-state index in [2.05, 4.69) is 66.0 Å². The first-order valence-corrected chi connectivity index (χ1v) is 10.8. The Morgan fingerprint density at radius 1 is 0.935 bits per heavy atom. The average Bonchev–Trinajstić information content (AvgIpc) is 3.03. The van der Waals surface area contributed by atoms with Crippen LogP contribution in [-0.4, -0.2) is 22.3 Å². The van der Waals surface area contributed by atoms with Crippen molar-refractivity contribution in [2.24, 2.45) is 12.0 Å². The number of aryl methyl sites for hydroxylation is 2. The lowest BCUT2D eigenvalue weighted by atomic mass is 10.1. The van der Waals surface area contributed by atoms with E-state index in [0.717, 1.165) is 29.3 Å². The molecule has 0 saturated heterocycles. The number of hydrogen-bond acceptors (Lipinski definition) is 3. The summed E-state index contributed by atoms with van der Waals surface area (Å²) in [5, 5.41) is 11.2. The van der Waals surface area contributed by atoms with E-state index in [1.54, 1.807) is 0 Å². The van der Waals surface area contributed by atoms with E-state index in [1.807, 2.05) is 36.9 Å². The third-order valence-corrected chi connectivity index (χ3v) is 5.26. The van der Waals surface area contributed by atoms with Crippen molar-refractivity contribution in [1.82, 2.24) is 20.4 Å². The van der Waals surface area contributed by atoms with Crippen LogP contribution in [0.1, 0.15) is 40.6 Å². The summed E-state index contributed by atoms with van der Waals surface area (Å²) in [5.41, 5.74) is 6.95. The van der Waals surface area contributed by atoms with Gasteiger partial charge in [0.05, 0.1) is 25.5 Å². The number of guanidine groups is 1. The Bertz CT molecular complexity index is 977. The summed E-state index contributed by atoms with van der Waals surface area (Å²) < 4.78 is 7.73. The van der Waals surface area contributed by atoms with E-state index < -0.39 is 0 Å². The van der Waals surface area contributed by atoms with Gasteiger partial charge in [0.2, 0.25) is 0 Å². The largest absolute Gasteiger partial charge is 0.372 e. The van der Waals surface area contributed by atoms with Crippen molar-refractivity contribution in [1.29, 1.82) is 0 Å². The summed E-state index contributed by atoms with van der Waals surface area (Å²) in [5.74, 6) is 0.806. The van der Waals surface area contributed by atoms with Crippen molar-refractivity contribution in [2.75, 3.05) is 6.54 Å². The van der Waals surface area contributed by atoms with E-state index in [0.29, 0.717) is 26.3 Å². The number of aliphatic imine (C=N–C) groups is 1. The van der Waals surface area contributed by atoms with Gasteiger partial charge in [0.1, 0.15) is 0 Å². The molecule has 6 heteroatoms. The molecule has 3 aromatic rings. The minimum Gasteiger partial charge on any atom is -0.372 e. The number of nitrogens with zero attached hydrogens (tertiary/aromatic N) is 3. The topological polar surface area (TPSA) is 63.5 Å². The molecule has 1 heterocycles. The smallest absolute Gasteiger partial charge is 0.191 e. The molecule has 0 radical (unpaired) electrons. The Morgan fingerprint density at radius 3 is 2.19 bits per heavy atom. The maximum absolute atomic E-state index is 5.82. The monoisotopic (exact) mass is 419 g/mol. The van der Waals surface area contributed by atoms with E-state index >= 15 is 0 Å². The van der Waals surface area contributed by atoms with Gasteiger partial charge in [-0.1, -0.05) is 54.6 Å². The molecule has 3 rings (SSSR count). The van der Waals surface area contributed by atoms with E-state index in [1.165, 1.54) is 16.8 Å². The van der Waals surface area contributed by atoms with Crippen molar-refractivity contribution in [3.8, 4) is 0 Å². The number of rotatable bonds is 9. The maximum atomic E-state index is 5.82. The normalized spacial score (nSPS) is 11.5. The van der Waals surface area contributed by atoms with Gasteiger partial charge < -0.3 is 15.4 Å². The molecule has 0 saturated carbocycles. The third kappa shape index (κ3) is 6.69. The number of benzene rings is 2. The van der Waals surface area contributed by atoms with Crippen LogP contribution in [0.3, 0.4) is 0 Å². The molecule has 0 unspecified atom stereocenters. The first-order chi connectivity index (χ1) is 15.1. The standard InChI is InChI=1S/C25H33N5O/c1-5-26-25(28-16-24-19(2)29-30(4)20(24)3)27-15-21-11-13-23(14-12-21)18-31-17-22-9-7-6-8-10-22/h6-14H,5,15-18H2,1-4H3,(H2,26,27,28). The van der Waals surface area contributed by atoms with E-state index in [4.69, 9.17) is 9.73 Å². The molecular weight excluding hydrogens is 386 g/mol. The molecule has 0 spiro atoms. The highest BCUT2D eigenvalue weighted by atomic mass is 16.5. The van der Waals surface area contributed by atoms with Gasteiger partial charge in [-0.15, -0.1) is 0 Å². The number of ether oxygens (including phenoxy) is 1. The fourth-order valence-corrected chi connectivity index (χ4v) is 3.36. The number of hydrogen-bond donors (Lipinski definition) is 2. The predicted molar refractivity (Wildman–Crippen MR) is 126 cm³/mol. The van der Waals surface area contributed by atoms with Crippen LogP contribution in [0.25, 0.3) is 0 Å². The Morgan fingerprint density at radius 2 is 1.58 bits per heavy atom. The predicted octanol–water partition coefficient (Wildman–Crippen LogP) is 4.01. The fraction of sp³-hybridized carbons (Fsp3) is 0.360. The molecule has 0 aliphatic heterocycles. The Hall–Kier alpha value is -3.12. The molecule has 164 valence electrons. The van der Waals surface area contributed by atoms with Crippen molar-refractivity contribution in [3.63, 3.8) is 0 Å². The van der Waals surface area contributed by atoms with Crippen LogP contribution < -0.4 is 10.6 Å². The van der Waals surface area contributed by atoms with Gasteiger partial charge in [-0.2, -0.15) is 5.10 Å². The lowest BCUT2D eigenvalue weighted by Gasteiger charge is -2.12. The zero-order valence-electron chi connectivity index (χ0n) is 19.0. The van der Waals surface area contributed by atoms with Gasteiger partial charge in [-0.25, -0.2) is 4.99 Å². The summed E-state index contributed by atoms with van der Waals surface area (Å²) in [6.45, 7) is 9.56. The SMILES string of the molecule is CCNC(=NCc1ccc(COCc2ccccc2)cc1)NCc1c(C)nn(C)c1C. The lowest BCUT2D eigenvalue weighted by molar-refractivity contribution is 0.107. The molecular formula is C25H33N5O. The molecule has 0 atom stereocenters. The van der Waals surface area contributed by atoms with E-state index in [-0.39, 0.29) is 0 Å². The molecule has 0 aliphatic carbocycles.